The molecule has 2 aromatic rings. The highest BCUT2D eigenvalue weighted by Crippen LogP contribution is 2.41. The molecule has 1 aromatic heterocycles. The number of methoxy groups -OCH3 is 1. The standard InChI is InChI=1S/C13H14O3S2/c1-7(2)17-11-9-6-8(16-3)4-5-10(9)18-12(11)13(14)15/h4-7H,1-3H3,(H,14,15). The van der Waals surface area contributed by atoms with E-state index in [0.717, 1.165) is 20.7 Å². The average molecular weight is 282 g/mol. The van der Waals surface area contributed by atoms with E-state index < -0.39 is 5.97 Å². The number of carboxylic acids is 1. The molecule has 0 spiro atoms. The van der Waals surface area contributed by atoms with Crippen LogP contribution in [0.15, 0.2) is 23.1 Å². The van der Waals surface area contributed by atoms with Crippen molar-refractivity contribution in [2.24, 2.45) is 0 Å². The molecular formula is C13H14O3S2. The molecule has 2 rings (SSSR count). The summed E-state index contributed by atoms with van der Waals surface area (Å²) in [6.45, 7) is 4.11. The minimum Gasteiger partial charge on any atom is -0.497 e. The summed E-state index contributed by atoms with van der Waals surface area (Å²) in [6.07, 6.45) is 0. The smallest absolute Gasteiger partial charge is 0.347 e. The summed E-state index contributed by atoms with van der Waals surface area (Å²) in [5.41, 5.74) is 0. The maximum atomic E-state index is 11.3. The van der Waals surface area contributed by atoms with Gasteiger partial charge in [-0.1, -0.05) is 13.8 Å². The number of benzene rings is 1. The molecule has 0 aliphatic carbocycles. The highest BCUT2D eigenvalue weighted by atomic mass is 32.2. The Bertz CT molecular complexity index is 587. The summed E-state index contributed by atoms with van der Waals surface area (Å²) in [5, 5.41) is 10.6. The summed E-state index contributed by atoms with van der Waals surface area (Å²) >= 11 is 2.90. The van der Waals surface area contributed by atoms with E-state index in [2.05, 4.69) is 13.8 Å². The molecule has 1 heterocycles. The number of carbonyl (C=O) groups is 1. The molecule has 0 saturated carbocycles. The van der Waals surface area contributed by atoms with Gasteiger partial charge < -0.3 is 9.84 Å². The number of ether oxygens (including phenoxy) is 1. The van der Waals surface area contributed by atoms with E-state index in [-0.39, 0.29) is 0 Å². The zero-order valence-electron chi connectivity index (χ0n) is 10.4. The van der Waals surface area contributed by atoms with Crippen molar-refractivity contribution in [3.8, 4) is 5.75 Å². The Morgan fingerprint density at radius 1 is 1.44 bits per heavy atom. The molecule has 0 fully saturated rings. The van der Waals surface area contributed by atoms with Gasteiger partial charge in [0, 0.05) is 20.2 Å². The van der Waals surface area contributed by atoms with Crippen molar-refractivity contribution in [3.05, 3.63) is 23.1 Å². The minimum atomic E-state index is -0.863. The monoisotopic (exact) mass is 282 g/mol. The summed E-state index contributed by atoms with van der Waals surface area (Å²) in [6, 6.07) is 5.67. The molecule has 0 atom stereocenters. The Labute approximate surface area is 114 Å². The molecule has 0 saturated heterocycles. The van der Waals surface area contributed by atoms with Gasteiger partial charge in [-0.3, -0.25) is 0 Å². The number of thioether (sulfide) groups is 1. The Kier molecular flexibility index (Phi) is 3.82. The average Bonchev–Trinajstić information content (AvgIpc) is 2.67. The van der Waals surface area contributed by atoms with Crippen LogP contribution < -0.4 is 4.74 Å². The highest BCUT2D eigenvalue weighted by Gasteiger charge is 2.19. The van der Waals surface area contributed by atoms with Crippen LogP contribution >= 0.6 is 23.1 Å². The number of hydrogen-bond donors (Lipinski definition) is 1. The third-order valence-electron chi connectivity index (χ3n) is 2.40. The van der Waals surface area contributed by atoms with Crippen molar-refractivity contribution >= 4 is 39.2 Å². The van der Waals surface area contributed by atoms with Gasteiger partial charge in [0.15, 0.2) is 0 Å². The van der Waals surface area contributed by atoms with E-state index >= 15 is 0 Å². The molecule has 0 aliphatic heterocycles. The maximum absolute atomic E-state index is 11.3. The van der Waals surface area contributed by atoms with Crippen molar-refractivity contribution in [1.29, 1.82) is 0 Å². The molecule has 5 heteroatoms. The van der Waals surface area contributed by atoms with Crippen LogP contribution in [0.4, 0.5) is 0 Å². The van der Waals surface area contributed by atoms with E-state index in [1.165, 1.54) is 11.3 Å². The zero-order chi connectivity index (χ0) is 13.3. The summed E-state index contributed by atoms with van der Waals surface area (Å²) < 4.78 is 6.18. The molecule has 1 N–H and O–H groups in total. The first-order valence-electron chi connectivity index (χ1n) is 5.53. The summed E-state index contributed by atoms with van der Waals surface area (Å²) in [5.74, 6) is -0.110. The van der Waals surface area contributed by atoms with Crippen LogP contribution in [0.1, 0.15) is 23.5 Å². The molecule has 0 unspecified atom stereocenters. The van der Waals surface area contributed by atoms with Crippen LogP contribution in [0, 0.1) is 0 Å². The topological polar surface area (TPSA) is 46.5 Å². The van der Waals surface area contributed by atoms with Gasteiger partial charge in [0.1, 0.15) is 10.6 Å². The fourth-order valence-corrected chi connectivity index (χ4v) is 3.89. The largest absolute Gasteiger partial charge is 0.497 e. The van der Waals surface area contributed by atoms with Gasteiger partial charge in [-0.2, -0.15) is 0 Å². The van der Waals surface area contributed by atoms with E-state index in [1.807, 2.05) is 18.2 Å². The quantitative estimate of drug-likeness (QED) is 0.857. The third-order valence-corrected chi connectivity index (χ3v) is 4.82. The number of rotatable bonds is 4. The molecule has 96 valence electrons. The van der Waals surface area contributed by atoms with Crippen LogP contribution in [-0.2, 0) is 0 Å². The normalized spacial score (nSPS) is 11.1. The van der Waals surface area contributed by atoms with Crippen LogP contribution in [0.5, 0.6) is 5.75 Å². The van der Waals surface area contributed by atoms with Gasteiger partial charge in [0.25, 0.3) is 0 Å². The van der Waals surface area contributed by atoms with Gasteiger partial charge >= 0.3 is 5.97 Å². The van der Waals surface area contributed by atoms with Crippen molar-refractivity contribution in [1.82, 2.24) is 0 Å². The second-order valence-electron chi connectivity index (χ2n) is 4.09. The van der Waals surface area contributed by atoms with E-state index in [0.29, 0.717) is 10.1 Å². The van der Waals surface area contributed by atoms with Crippen molar-refractivity contribution < 1.29 is 14.6 Å². The maximum Gasteiger partial charge on any atom is 0.347 e. The van der Waals surface area contributed by atoms with Gasteiger partial charge in [0.2, 0.25) is 0 Å². The molecule has 1 aromatic carbocycles. The highest BCUT2D eigenvalue weighted by molar-refractivity contribution is 8.00. The molecular weight excluding hydrogens is 268 g/mol. The van der Waals surface area contributed by atoms with Crippen molar-refractivity contribution in [2.45, 2.75) is 24.0 Å². The van der Waals surface area contributed by atoms with Gasteiger partial charge in [0.05, 0.1) is 7.11 Å². The fourth-order valence-electron chi connectivity index (χ4n) is 1.67. The number of aromatic carboxylic acids is 1. The second kappa shape index (κ2) is 5.20. The lowest BCUT2D eigenvalue weighted by molar-refractivity contribution is 0.0699. The Morgan fingerprint density at radius 2 is 2.17 bits per heavy atom. The van der Waals surface area contributed by atoms with E-state index in [9.17, 15) is 9.90 Å². The Hall–Kier alpha value is -1.20. The minimum absolute atomic E-state index is 0.340. The zero-order valence-corrected chi connectivity index (χ0v) is 12.0. The first kappa shape index (κ1) is 13.2. The second-order valence-corrected chi connectivity index (χ2v) is 6.73. The molecule has 0 radical (unpaired) electrons. The molecule has 0 aliphatic rings. The van der Waals surface area contributed by atoms with Crippen LogP contribution in [0.25, 0.3) is 10.1 Å². The molecule has 18 heavy (non-hydrogen) atoms. The van der Waals surface area contributed by atoms with Gasteiger partial charge in [-0.05, 0) is 18.2 Å². The van der Waals surface area contributed by atoms with Crippen LogP contribution in [-0.4, -0.2) is 23.4 Å². The molecule has 0 bridgehead atoms. The predicted molar refractivity (Wildman–Crippen MR) is 76.3 cm³/mol. The van der Waals surface area contributed by atoms with Crippen molar-refractivity contribution in [2.75, 3.05) is 7.11 Å². The van der Waals surface area contributed by atoms with E-state index in [1.54, 1.807) is 18.9 Å². The lowest BCUT2D eigenvalue weighted by Crippen LogP contribution is -1.96. The van der Waals surface area contributed by atoms with Crippen LogP contribution in [0.3, 0.4) is 0 Å². The first-order chi connectivity index (χ1) is 8.52. The van der Waals surface area contributed by atoms with E-state index in [4.69, 9.17) is 4.74 Å². The number of hydrogen-bond acceptors (Lipinski definition) is 4. The molecule has 0 amide bonds. The SMILES string of the molecule is COc1ccc2sc(C(=O)O)c(SC(C)C)c2c1. The Morgan fingerprint density at radius 3 is 2.72 bits per heavy atom. The van der Waals surface area contributed by atoms with Crippen molar-refractivity contribution in [3.63, 3.8) is 0 Å². The number of fused-ring (bicyclic) bond motifs is 1. The third kappa shape index (κ3) is 2.47. The first-order valence-corrected chi connectivity index (χ1v) is 7.23. The van der Waals surface area contributed by atoms with Gasteiger partial charge in [-0.25, -0.2) is 4.79 Å². The number of carboxylic acid groups (broad SMARTS) is 1. The lowest BCUT2D eigenvalue weighted by atomic mass is 10.2. The lowest BCUT2D eigenvalue weighted by Gasteiger charge is -2.05. The van der Waals surface area contributed by atoms with Crippen LogP contribution in [0.2, 0.25) is 0 Å². The van der Waals surface area contributed by atoms with Gasteiger partial charge in [-0.15, -0.1) is 23.1 Å². The molecule has 3 nitrogen and oxygen atoms in total. The summed E-state index contributed by atoms with van der Waals surface area (Å²) in [4.78, 5) is 12.6. The summed E-state index contributed by atoms with van der Waals surface area (Å²) in [7, 11) is 1.61. The Balaban J connectivity index is 2.65. The predicted octanol–water partition coefficient (Wildman–Crippen LogP) is 4.11. The number of thiophene rings is 1. The fraction of sp³-hybridized carbons (Fsp3) is 0.308.